The molecule has 0 saturated heterocycles. The number of pyridine rings is 1. The molecule has 0 fully saturated rings. The number of hydrogen-bond acceptors (Lipinski definition) is 6. The molecule has 0 aliphatic carbocycles. The summed E-state index contributed by atoms with van der Waals surface area (Å²) in [6, 6.07) is 6.18. The molecule has 2 atom stereocenters. The van der Waals surface area contributed by atoms with Gasteiger partial charge in [-0.2, -0.15) is 0 Å². The first-order valence-corrected chi connectivity index (χ1v) is 10.5. The van der Waals surface area contributed by atoms with Gasteiger partial charge < -0.3 is 15.8 Å². The number of halogens is 2. The van der Waals surface area contributed by atoms with Gasteiger partial charge in [0.1, 0.15) is 38.8 Å². The maximum absolute atomic E-state index is 14.6. The number of carbonyl (C=O) groups is 1. The van der Waals surface area contributed by atoms with Crippen molar-refractivity contribution in [1.82, 2.24) is 9.29 Å². The molecule has 2 unspecified atom stereocenters. The van der Waals surface area contributed by atoms with Crippen LogP contribution in [-0.2, 0) is 11.0 Å². The average Bonchev–Trinajstić information content (AvgIpc) is 2.81. The topological polar surface area (TPSA) is 110 Å². The number of hydrogen-bond donors (Lipinski definition) is 2. The number of benzene rings is 1. The molecule has 3 N–H and O–H groups in total. The molecule has 1 aliphatic rings. The zero-order chi connectivity index (χ0) is 22.8. The molecule has 0 radical (unpaired) electrons. The zero-order valence-corrected chi connectivity index (χ0v) is 18.1. The van der Waals surface area contributed by atoms with Crippen molar-refractivity contribution >= 4 is 28.4 Å². The lowest BCUT2D eigenvalue weighted by atomic mass is 10.0. The molecule has 8 nitrogen and oxygen atoms in total. The van der Waals surface area contributed by atoms with Crippen molar-refractivity contribution in [3.8, 4) is 5.75 Å². The SMILES string of the molecule is CN1CC(c2cc(NC(=O)c3ccc(OCF)cn3)ccc2F)N=C(N)C(C)(C)S1=O. The third kappa shape index (κ3) is 4.88. The fraction of sp³-hybridized carbons (Fsp3) is 0.350. The summed E-state index contributed by atoms with van der Waals surface area (Å²) in [6.07, 6.45) is 1.23. The van der Waals surface area contributed by atoms with Crippen molar-refractivity contribution in [1.29, 1.82) is 0 Å². The largest absolute Gasteiger partial charge is 0.461 e. The highest BCUT2D eigenvalue weighted by Gasteiger charge is 2.38. The Balaban J connectivity index is 1.85. The Bertz CT molecular complexity index is 1030. The second kappa shape index (κ2) is 9.06. The predicted octanol–water partition coefficient (Wildman–Crippen LogP) is 2.56. The van der Waals surface area contributed by atoms with Crippen molar-refractivity contribution in [3.05, 3.63) is 53.6 Å². The van der Waals surface area contributed by atoms with Crippen LogP contribution in [0.15, 0.2) is 41.5 Å². The van der Waals surface area contributed by atoms with Crippen molar-refractivity contribution < 1.29 is 22.5 Å². The molecule has 0 saturated carbocycles. The van der Waals surface area contributed by atoms with Gasteiger partial charge >= 0.3 is 0 Å². The minimum Gasteiger partial charge on any atom is -0.461 e. The minimum atomic E-state index is -1.44. The summed E-state index contributed by atoms with van der Waals surface area (Å²) in [5.74, 6) is -0.706. The Morgan fingerprint density at radius 1 is 1.39 bits per heavy atom. The Morgan fingerprint density at radius 2 is 2.13 bits per heavy atom. The molecule has 2 aromatic rings. The molecule has 3 rings (SSSR count). The lowest BCUT2D eigenvalue weighted by Gasteiger charge is -2.25. The van der Waals surface area contributed by atoms with Gasteiger partial charge in [0.05, 0.1) is 12.2 Å². The van der Waals surface area contributed by atoms with Gasteiger partial charge in [-0.1, -0.05) is 0 Å². The minimum absolute atomic E-state index is 0.0747. The van der Waals surface area contributed by atoms with Gasteiger partial charge in [-0.25, -0.2) is 22.3 Å². The van der Waals surface area contributed by atoms with Crippen LogP contribution in [0.25, 0.3) is 0 Å². The number of likely N-dealkylation sites (N-methyl/N-ethyl adjacent to an activating group) is 1. The van der Waals surface area contributed by atoms with Crippen LogP contribution >= 0.6 is 0 Å². The lowest BCUT2D eigenvalue weighted by Crippen LogP contribution is -2.45. The van der Waals surface area contributed by atoms with Crippen LogP contribution < -0.4 is 15.8 Å². The summed E-state index contributed by atoms with van der Waals surface area (Å²) in [5, 5.41) is 2.64. The third-order valence-corrected chi connectivity index (χ3v) is 6.66. The quantitative estimate of drug-likeness (QED) is 0.726. The number of alkyl halides is 1. The van der Waals surface area contributed by atoms with Gasteiger partial charge in [-0.05, 0) is 51.2 Å². The molecule has 166 valence electrons. The van der Waals surface area contributed by atoms with E-state index in [1.807, 2.05) is 0 Å². The van der Waals surface area contributed by atoms with Crippen LogP contribution in [0, 0.1) is 5.82 Å². The van der Waals surface area contributed by atoms with Crippen molar-refractivity contribution in [2.45, 2.75) is 24.6 Å². The number of rotatable bonds is 5. The van der Waals surface area contributed by atoms with Crippen LogP contribution in [-0.4, -0.2) is 50.4 Å². The van der Waals surface area contributed by atoms with E-state index in [1.165, 1.54) is 36.5 Å². The summed E-state index contributed by atoms with van der Waals surface area (Å²) in [7, 11) is 0.214. The van der Waals surface area contributed by atoms with Gasteiger partial charge in [-0.3, -0.25) is 9.79 Å². The van der Waals surface area contributed by atoms with E-state index in [0.29, 0.717) is 5.69 Å². The standard InChI is InChI=1S/C20H23F2N5O3S/c1-20(2)19(23)26-17(10-27(3)31(20)29)14-8-12(4-6-15(14)22)25-18(28)16-7-5-13(9-24-16)30-11-21/h4-9,17H,10-11H2,1-3H3,(H2,23,26)(H,25,28). The Morgan fingerprint density at radius 3 is 2.77 bits per heavy atom. The number of carbonyl (C=O) groups excluding carboxylic acids is 1. The van der Waals surface area contributed by atoms with E-state index < -0.39 is 40.4 Å². The number of aromatic nitrogens is 1. The number of nitrogens with zero attached hydrogens (tertiary/aromatic N) is 3. The monoisotopic (exact) mass is 451 g/mol. The Hall–Kier alpha value is -2.92. The maximum atomic E-state index is 14.6. The van der Waals surface area contributed by atoms with E-state index in [9.17, 15) is 17.8 Å². The van der Waals surface area contributed by atoms with Crippen LogP contribution in [0.4, 0.5) is 14.5 Å². The predicted molar refractivity (Wildman–Crippen MR) is 114 cm³/mol. The fourth-order valence-electron chi connectivity index (χ4n) is 3.06. The lowest BCUT2D eigenvalue weighted by molar-refractivity contribution is 0.102. The van der Waals surface area contributed by atoms with Gasteiger partial charge in [0, 0.05) is 17.8 Å². The number of ether oxygens (including phenoxy) is 1. The third-order valence-electron chi connectivity index (χ3n) is 4.86. The first-order valence-electron chi connectivity index (χ1n) is 9.36. The number of aliphatic imine (C=N–C) groups is 1. The number of amides is 1. The fourth-order valence-corrected chi connectivity index (χ4v) is 4.34. The number of amidine groups is 1. The molecule has 1 amide bonds. The van der Waals surface area contributed by atoms with Gasteiger partial charge in [0.25, 0.3) is 5.91 Å². The van der Waals surface area contributed by atoms with Crippen LogP contribution in [0.2, 0.25) is 0 Å². The highest BCUT2D eigenvalue weighted by atomic mass is 32.2. The summed E-state index contributed by atoms with van der Waals surface area (Å²) in [5.41, 5.74) is 6.68. The normalized spacial score (nSPS) is 21.1. The van der Waals surface area contributed by atoms with Crippen molar-refractivity contribution in [3.63, 3.8) is 0 Å². The van der Waals surface area contributed by atoms with E-state index in [4.69, 9.17) is 5.73 Å². The first kappa shape index (κ1) is 22.8. The molecule has 1 aromatic carbocycles. The highest BCUT2D eigenvalue weighted by Crippen LogP contribution is 2.30. The first-order chi connectivity index (χ1) is 14.6. The van der Waals surface area contributed by atoms with E-state index in [2.05, 4.69) is 20.0 Å². The van der Waals surface area contributed by atoms with E-state index in [1.54, 1.807) is 25.2 Å². The summed E-state index contributed by atoms with van der Waals surface area (Å²) in [4.78, 5) is 20.8. The maximum Gasteiger partial charge on any atom is 0.274 e. The smallest absolute Gasteiger partial charge is 0.274 e. The molecular weight excluding hydrogens is 428 g/mol. The molecule has 0 bridgehead atoms. The summed E-state index contributed by atoms with van der Waals surface area (Å²) in [6.45, 7) is 2.61. The van der Waals surface area contributed by atoms with E-state index >= 15 is 0 Å². The van der Waals surface area contributed by atoms with Gasteiger partial charge in [0.15, 0.2) is 0 Å². The number of nitrogens with one attached hydrogen (secondary N) is 1. The summed E-state index contributed by atoms with van der Waals surface area (Å²) >= 11 is 0. The number of nitrogens with two attached hydrogens (primary N) is 1. The van der Waals surface area contributed by atoms with E-state index in [-0.39, 0.29) is 29.4 Å². The van der Waals surface area contributed by atoms with Crippen molar-refractivity contribution in [2.75, 3.05) is 25.8 Å². The molecule has 0 spiro atoms. The second-order valence-electron chi connectivity index (χ2n) is 7.42. The van der Waals surface area contributed by atoms with Gasteiger partial charge in [-0.15, -0.1) is 0 Å². The number of anilines is 1. The molecule has 1 aromatic heterocycles. The van der Waals surface area contributed by atoms with E-state index in [0.717, 1.165) is 0 Å². The average molecular weight is 451 g/mol. The molecule has 11 heteroatoms. The second-order valence-corrected chi connectivity index (χ2v) is 9.57. The van der Waals surface area contributed by atoms with Crippen molar-refractivity contribution in [2.24, 2.45) is 10.7 Å². The molecule has 2 heterocycles. The summed E-state index contributed by atoms with van der Waals surface area (Å²) < 4.78 is 44.8. The zero-order valence-electron chi connectivity index (χ0n) is 17.3. The molecular formula is C20H23F2N5O3S. The van der Waals surface area contributed by atoms with Crippen LogP contribution in [0.5, 0.6) is 5.75 Å². The Labute approximate surface area is 181 Å². The van der Waals surface area contributed by atoms with Crippen LogP contribution in [0.1, 0.15) is 35.9 Å². The Kier molecular flexibility index (Phi) is 6.65. The highest BCUT2D eigenvalue weighted by molar-refractivity contribution is 7.85. The van der Waals surface area contributed by atoms with Crippen LogP contribution in [0.3, 0.4) is 0 Å². The van der Waals surface area contributed by atoms with Gasteiger partial charge in [0.2, 0.25) is 6.86 Å². The molecule has 31 heavy (non-hydrogen) atoms. The molecule has 1 aliphatic heterocycles.